The van der Waals surface area contributed by atoms with Gasteiger partial charge in [-0.25, -0.2) is 0 Å². The van der Waals surface area contributed by atoms with Crippen LogP contribution in [-0.2, 0) is 6.42 Å². The predicted molar refractivity (Wildman–Crippen MR) is 57.7 cm³/mol. The summed E-state index contributed by atoms with van der Waals surface area (Å²) in [6.07, 6.45) is 3.31. The molecule has 0 heterocycles. The first-order chi connectivity index (χ1) is 6.18. The molecular weight excluding hydrogens is 156 g/mol. The molecule has 1 aliphatic carbocycles. The molecule has 0 radical (unpaired) electrons. The van der Waals surface area contributed by atoms with E-state index in [0.717, 1.165) is 6.42 Å². The van der Waals surface area contributed by atoms with Gasteiger partial charge in [0.15, 0.2) is 0 Å². The minimum Gasteiger partial charge on any atom is -0.0909 e. The van der Waals surface area contributed by atoms with Gasteiger partial charge in [0.2, 0.25) is 0 Å². The predicted octanol–water partition coefficient (Wildman–Crippen LogP) is 3.51. The van der Waals surface area contributed by atoms with E-state index in [1.807, 2.05) is 0 Å². The van der Waals surface area contributed by atoms with Gasteiger partial charge >= 0.3 is 0 Å². The van der Waals surface area contributed by atoms with E-state index in [0.29, 0.717) is 0 Å². The standard InChI is InChI=1S/C13H14/c1-9-4-6-12-7-5-10(2)11(3)13(12)8-9/h4-6,8H,3,7H2,1-2H3. The number of allylic oxidation sites excluding steroid dienone is 3. The van der Waals surface area contributed by atoms with E-state index in [4.69, 9.17) is 0 Å². The van der Waals surface area contributed by atoms with Crippen molar-refractivity contribution in [2.75, 3.05) is 0 Å². The fourth-order valence-corrected chi connectivity index (χ4v) is 1.75. The Morgan fingerprint density at radius 2 is 2.00 bits per heavy atom. The molecule has 2 rings (SSSR count). The molecule has 0 bridgehead atoms. The maximum Gasteiger partial charge on any atom is -0.00854 e. The lowest BCUT2D eigenvalue weighted by Crippen LogP contribution is -1.99. The topological polar surface area (TPSA) is 0 Å². The summed E-state index contributed by atoms with van der Waals surface area (Å²) in [5.74, 6) is 0. The van der Waals surface area contributed by atoms with Crippen molar-refractivity contribution < 1.29 is 0 Å². The summed E-state index contributed by atoms with van der Waals surface area (Å²) in [4.78, 5) is 0. The van der Waals surface area contributed by atoms with Crippen molar-refractivity contribution in [2.45, 2.75) is 20.3 Å². The van der Waals surface area contributed by atoms with Crippen LogP contribution >= 0.6 is 0 Å². The van der Waals surface area contributed by atoms with Crippen LogP contribution in [0.25, 0.3) is 5.57 Å². The lowest BCUT2D eigenvalue weighted by molar-refractivity contribution is 1.18. The van der Waals surface area contributed by atoms with Crippen LogP contribution in [0.2, 0.25) is 0 Å². The van der Waals surface area contributed by atoms with Crippen LogP contribution in [0.15, 0.2) is 36.4 Å². The van der Waals surface area contributed by atoms with Crippen molar-refractivity contribution in [1.82, 2.24) is 0 Å². The molecule has 0 spiro atoms. The van der Waals surface area contributed by atoms with Gasteiger partial charge in [-0.15, -0.1) is 0 Å². The van der Waals surface area contributed by atoms with E-state index < -0.39 is 0 Å². The molecule has 0 N–H and O–H groups in total. The third-order valence-electron chi connectivity index (χ3n) is 2.69. The zero-order valence-electron chi connectivity index (χ0n) is 8.22. The smallest absolute Gasteiger partial charge is 0.00854 e. The Hall–Kier alpha value is -1.30. The van der Waals surface area contributed by atoms with Gasteiger partial charge in [-0.2, -0.15) is 0 Å². The molecule has 0 heteroatoms. The Morgan fingerprint density at radius 1 is 1.23 bits per heavy atom. The zero-order chi connectivity index (χ0) is 9.42. The van der Waals surface area contributed by atoms with Crippen molar-refractivity contribution in [1.29, 1.82) is 0 Å². The lowest BCUT2D eigenvalue weighted by Gasteiger charge is -2.17. The van der Waals surface area contributed by atoms with E-state index >= 15 is 0 Å². The van der Waals surface area contributed by atoms with Crippen LogP contribution < -0.4 is 0 Å². The first kappa shape index (κ1) is 8.31. The Balaban J connectivity index is 2.58. The summed E-state index contributed by atoms with van der Waals surface area (Å²) in [5.41, 5.74) is 6.55. The summed E-state index contributed by atoms with van der Waals surface area (Å²) in [6.45, 7) is 8.37. The number of fused-ring (bicyclic) bond motifs is 1. The second-order valence-electron chi connectivity index (χ2n) is 3.73. The normalized spacial score (nSPS) is 15.2. The number of rotatable bonds is 0. The zero-order valence-corrected chi connectivity index (χ0v) is 8.22. The van der Waals surface area contributed by atoms with Crippen molar-refractivity contribution in [3.63, 3.8) is 0 Å². The van der Waals surface area contributed by atoms with Crippen LogP contribution in [0.5, 0.6) is 0 Å². The molecule has 0 amide bonds. The van der Waals surface area contributed by atoms with Gasteiger partial charge in [-0.1, -0.05) is 36.4 Å². The highest BCUT2D eigenvalue weighted by Gasteiger charge is 2.11. The maximum absolute atomic E-state index is 4.11. The van der Waals surface area contributed by atoms with Gasteiger partial charge in [0.05, 0.1) is 0 Å². The third kappa shape index (κ3) is 1.33. The molecule has 0 aliphatic heterocycles. The van der Waals surface area contributed by atoms with E-state index in [1.54, 1.807) is 0 Å². The van der Waals surface area contributed by atoms with E-state index in [9.17, 15) is 0 Å². The molecule has 13 heavy (non-hydrogen) atoms. The van der Waals surface area contributed by atoms with Crippen molar-refractivity contribution in [2.24, 2.45) is 0 Å². The second-order valence-corrected chi connectivity index (χ2v) is 3.73. The average Bonchev–Trinajstić information content (AvgIpc) is 2.12. The fraction of sp³-hybridized carbons (Fsp3) is 0.231. The summed E-state index contributed by atoms with van der Waals surface area (Å²) >= 11 is 0. The average molecular weight is 170 g/mol. The Morgan fingerprint density at radius 3 is 2.77 bits per heavy atom. The van der Waals surface area contributed by atoms with E-state index in [2.05, 4.69) is 44.7 Å². The minimum atomic E-state index is 1.06. The van der Waals surface area contributed by atoms with Crippen LogP contribution in [0, 0.1) is 6.92 Å². The van der Waals surface area contributed by atoms with Gasteiger partial charge in [0.25, 0.3) is 0 Å². The molecule has 1 aliphatic rings. The van der Waals surface area contributed by atoms with Crippen molar-refractivity contribution in [3.05, 3.63) is 53.1 Å². The molecule has 0 aromatic heterocycles. The van der Waals surface area contributed by atoms with Crippen LogP contribution in [0.3, 0.4) is 0 Å². The van der Waals surface area contributed by atoms with Crippen LogP contribution in [-0.4, -0.2) is 0 Å². The highest BCUT2D eigenvalue weighted by atomic mass is 14.2. The molecular formula is C13H14. The van der Waals surface area contributed by atoms with Gasteiger partial charge in [-0.05, 0) is 42.5 Å². The highest BCUT2D eigenvalue weighted by Crippen LogP contribution is 2.30. The van der Waals surface area contributed by atoms with Gasteiger partial charge in [0.1, 0.15) is 0 Å². The van der Waals surface area contributed by atoms with Gasteiger partial charge < -0.3 is 0 Å². The summed E-state index contributed by atoms with van der Waals surface area (Å²) in [5, 5.41) is 0. The Bertz CT molecular complexity index is 394. The van der Waals surface area contributed by atoms with Crippen molar-refractivity contribution >= 4 is 5.57 Å². The number of hydrogen-bond acceptors (Lipinski definition) is 0. The molecule has 0 unspecified atom stereocenters. The molecule has 1 aromatic rings. The van der Waals surface area contributed by atoms with Gasteiger partial charge in [-0.3, -0.25) is 0 Å². The fourth-order valence-electron chi connectivity index (χ4n) is 1.75. The molecule has 66 valence electrons. The second kappa shape index (κ2) is 2.88. The van der Waals surface area contributed by atoms with E-state index in [1.165, 1.54) is 27.8 Å². The monoisotopic (exact) mass is 170 g/mol. The maximum atomic E-state index is 4.11. The molecule has 0 atom stereocenters. The SMILES string of the molecule is C=C1C(C)=CCc2ccc(C)cc21. The first-order valence-corrected chi connectivity index (χ1v) is 4.64. The molecule has 0 fully saturated rings. The largest absolute Gasteiger partial charge is 0.0909 e. The first-order valence-electron chi connectivity index (χ1n) is 4.64. The molecule has 0 saturated carbocycles. The van der Waals surface area contributed by atoms with Crippen LogP contribution in [0.1, 0.15) is 23.6 Å². The number of hydrogen-bond donors (Lipinski definition) is 0. The summed E-state index contributed by atoms with van der Waals surface area (Å²) in [7, 11) is 0. The molecule has 1 aromatic carbocycles. The van der Waals surface area contributed by atoms with E-state index in [-0.39, 0.29) is 0 Å². The number of benzene rings is 1. The van der Waals surface area contributed by atoms with Crippen molar-refractivity contribution in [3.8, 4) is 0 Å². The summed E-state index contributed by atoms with van der Waals surface area (Å²) in [6, 6.07) is 6.60. The van der Waals surface area contributed by atoms with Crippen LogP contribution in [0.4, 0.5) is 0 Å². The Labute approximate surface area is 79.6 Å². The summed E-state index contributed by atoms with van der Waals surface area (Å²) < 4.78 is 0. The highest BCUT2D eigenvalue weighted by molar-refractivity contribution is 5.80. The third-order valence-corrected chi connectivity index (χ3v) is 2.69. The molecule has 0 nitrogen and oxygen atoms in total. The minimum absolute atomic E-state index is 1.06. The molecule has 0 saturated heterocycles. The number of aryl methyl sites for hydroxylation is 1. The quantitative estimate of drug-likeness (QED) is 0.559. The lowest BCUT2D eigenvalue weighted by atomic mass is 9.88. The van der Waals surface area contributed by atoms with Gasteiger partial charge in [0, 0.05) is 0 Å². The Kier molecular flexibility index (Phi) is 1.84.